The zero-order valence-electron chi connectivity index (χ0n) is 11.5. The average Bonchev–Trinajstić information content (AvgIpc) is 3.16. The van der Waals surface area contributed by atoms with Gasteiger partial charge in [-0.1, -0.05) is 6.07 Å². The average molecular weight is 347 g/mol. The Labute approximate surface area is 129 Å². The fourth-order valence-corrected chi connectivity index (χ4v) is 1.92. The van der Waals surface area contributed by atoms with Crippen LogP contribution in [-0.2, 0) is 12.4 Å². The maximum Gasteiger partial charge on any atom is 0.432 e. The molecule has 0 fully saturated rings. The third kappa shape index (κ3) is 3.09. The molecule has 0 bridgehead atoms. The van der Waals surface area contributed by atoms with Gasteiger partial charge in [-0.25, -0.2) is 4.98 Å². The summed E-state index contributed by atoms with van der Waals surface area (Å²) in [7, 11) is 0. The van der Waals surface area contributed by atoms with Gasteiger partial charge in [0.2, 0.25) is 0 Å². The van der Waals surface area contributed by atoms with E-state index in [0.717, 1.165) is 12.1 Å². The largest absolute Gasteiger partial charge is 0.432 e. The van der Waals surface area contributed by atoms with Gasteiger partial charge in [0.1, 0.15) is 22.8 Å². The van der Waals surface area contributed by atoms with E-state index in [1.807, 2.05) is 10.2 Å². The van der Waals surface area contributed by atoms with E-state index in [4.69, 9.17) is 0 Å². The summed E-state index contributed by atoms with van der Waals surface area (Å²) in [5, 5.41) is 10.7. The van der Waals surface area contributed by atoms with Crippen LogP contribution in [0.4, 0.5) is 26.3 Å². The second-order valence-electron chi connectivity index (χ2n) is 4.74. The van der Waals surface area contributed by atoms with Crippen LogP contribution >= 0.6 is 0 Å². The molecule has 0 aliphatic rings. The molecule has 126 valence electrons. The van der Waals surface area contributed by atoms with Gasteiger partial charge in [0.05, 0.1) is 11.4 Å². The molecule has 2 N–H and O–H groups in total. The first kappa shape index (κ1) is 16.0. The summed E-state index contributed by atoms with van der Waals surface area (Å²) in [6.07, 6.45) is -9.18. The molecule has 0 spiro atoms. The Morgan fingerprint density at radius 1 is 0.667 bits per heavy atom. The number of aromatic nitrogens is 5. The molecule has 3 heterocycles. The van der Waals surface area contributed by atoms with E-state index in [-0.39, 0.29) is 22.8 Å². The molecule has 3 rings (SSSR count). The SMILES string of the molecule is FC(F)(F)c1cc(-c2cccc(-c3cc(C(F)(F)F)[nH]n3)n2)n[nH]1. The van der Waals surface area contributed by atoms with Gasteiger partial charge in [0.15, 0.2) is 0 Å². The van der Waals surface area contributed by atoms with Crippen molar-refractivity contribution < 1.29 is 26.3 Å². The van der Waals surface area contributed by atoms with Gasteiger partial charge in [-0.3, -0.25) is 10.2 Å². The van der Waals surface area contributed by atoms with Gasteiger partial charge in [-0.15, -0.1) is 0 Å². The molecular weight excluding hydrogens is 340 g/mol. The van der Waals surface area contributed by atoms with Crippen molar-refractivity contribution in [1.29, 1.82) is 0 Å². The van der Waals surface area contributed by atoms with Crippen LogP contribution in [0.1, 0.15) is 11.4 Å². The van der Waals surface area contributed by atoms with Crippen molar-refractivity contribution in [3.63, 3.8) is 0 Å². The molecule has 24 heavy (non-hydrogen) atoms. The van der Waals surface area contributed by atoms with Gasteiger partial charge in [0.25, 0.3) is 0 Å². The number of rotatable bonds is 2. The molecule has 11 heteroatoms. The van der Waals surface area contributed by atoms with Crippen molar-refractivity contribution in [3.05, 3.63) is 41.7 Å². The maximum atomic E-state index is 12.6. The second-order valence-corrected chi connectivity index (χ2v) is 4.74. The van der Waals surface area contributed by atoms with Crippen LogP contribution in [0.15, 0.2) is 30.3 Å². The molecule has 0 unspecified atom stereocenters. The first-order valence-corrected chi connectivity index (χ1v) is 6.37. The van der Waals surface area contributed by atoms with Gasteiger partial charge in [-0.05, 0) is 24.3 Å². The van der Waals surface area contributed by atoms with Crippen LogP contribution in [0.5, 0.6) is 0 Å². The van der Waals surface area contributed by atoms with Gasteiger partial charge in [-0.2, -0.15) is 36.5 Å². The lowest BCUT2D eigenvalue weighted by molar-refractivity contribution is -0.142. The van der Waals surface area contributed by atoms with E-state index in [9.17, 15) is 26.3 Å². The third-order valence-corrected chi connectivity index (χ3v) is 3.04. The normalized spacial score (nSPS) is 12.6. The molecule has 0 atom stereocenters. The Kier molecular flexibility index (Phi) is 3.57. The van der Waals surface area contributed by atoms with E-state index in [0.29, 0.717) is 0 Å². The standard InChI is InChI=1S/C13H7F6N5/c14-12(15,16)10-4-8(21-23-10)6-2-1-3-7(20-6)9-5-11(24-22-9)13(17,18)19/h1-5H,(H,21,23)(H,22,24). The maximum absolute atomic E-state index is 12.6. The van der Waals surface area contributed by atoms with Crippen molar-refractivity contribution in [3.8, 4) is 22.8 Å². The smallest absolute Gasteiger partial charge is 0.273 e. The van der Waals surface area contributed by atoms with E-state index in [1.54, 1.807) is 0 Å². The first-order valence-electron chi connectivity index (χ1n) is 6.37. The minimum atomic E-state index is -4.59. The monoisotopic (exact) mass is 347 g/mol. The number of aromatic amines is 2. The third-order valence-electron chi connectivity index (χ3n) is 3.04. The summed E-state index contributed by atoms with van der Waals surface area (Å²) in [4.78, 5) is 4.00. The van der Waals surface area contributed by atoms with E-state index >= 15 is 0 Å². The van der Waals surface area contributed by atoms with Crippen LogP contribution in [0, 0.1) is 0 Å². The number of hydrogen-bond acceptors (Lipinski definition) is 3. The Morgan fingerprint density at radius 3 is 1.42 bits per heavy atom. The molecule has 0 aromatic carbocycles. The summed E-state index contributed by atoms with van der Waals surface area (Å²) < 4.78 is 75.4. The Hall–Kier alpha value is -2.85. The fourth-order valence-electron chi connectivity index (χ4n) is 1.92. The van der Waals surface area contributed by atoms with Crippen molar-refractivity contribution in [2.24, 2.45) is 0 Å². The summed E-state index contributed by atoms with van der Waals surface area (Å²) in [5.41, 5.74) is -2.15. The molecule has 0 aliphatic heterocycles. The Morgan fingerprint density at radius 2 is 1.08 bits per heavy atom. The minimum Gasteiger partial charge on any atom is -0.273 e. The van der Waals surface area contributed by atoms with Crippen molar-refractivity contribution >= 4 is 0 Å². The molecule has 3 aromatic heterocycles. The highest BCUT2D eigenvalue weighted by Gasteiger charge is 2.34. The summed E-state index contributed by atoms with van der Waals surface area (Å²) >= 11 is 0. The first-order chi connectivity index (χ1) is 11.1. The highest BCUT2D eigenvalue weighted by atomic mass is 19.4. The van der Waals surface area contributed by atoms with Crippen LogP contribution in [0.25, 0.3) is 22.8 Å². The lowest BCUT2D eigenvalue weighted by atomic mass is 10.2. The minimum absolute atomic E-state index is 0.0656. The van der Waals surface area contributed by atoms with E-state index < -0.39 is 23.7 Å². The number of nitrogens with zero attached hydrogens (tertiary/aromatic N) is 3. The molecule has 0 saturated carbocycles. The zero-order chi connectivity index (χ0) is 17.5. The number of H-pyrrole nitrogens is 2. The molecular formula is C13H7F6N5. The van der Waals surface area contributed by atoms with E-state index in [2.05, 4.69) is 15.2 Å². The number of pyridine rings is 1. The second kappa shape index (κ2) is 5.35. The molecule has 0 aliphatic carbocycles. The quantitative estimate of drug-likeness (QED) is 0.691. The highest BCUT2D eigenvalue weighted by molar-refractivity contribution is 5.62. The van der Waals surface area contributed by atoms with Gasteiger partial charge in [0, 0.05) is 0 Å². The predicted molar refractivity (Wildman–Crippen MR) is 69.4 cm³/mol. The fraction of sp³-hybridized carbons (Fsp3) is 0.154. The van der Waals surface area contributed by atoms with Crippen molar-refractivity contribution in [2.75, 3.05) is 0 Å². The topological polar surface area (TPSA) is 70.2 Å². The molecule has 5 nitrogen and oxygen atoms in total. The summed E-state index contributed by atoms with van der Waals surface area (Å²) in [6, 6.07) is 5.73. The number of halogens is 6. The lowest BCUT2D eigenvalue weighted by Gasteiger charge is -2.01. The number of hydrogen-bond donors (Lipinski definition) is 2. The molecule has 0 saturated heterocycles. The Bertz CT molecular complexity index is 793. The van der Waals surface area contributed by atoms with Gasteiger partial charge >= 0.3 is 12.4 Å². The Balaban J connectivity index is 1.95. The van der Waals surface area contributed by atoms with Crippen LogP contribution in [-0.4, -0.2) is 25.4 Å². The van der Waals surface area contributed by atoms with Crippen molar-refractivity contribution in [1.82, 2.24) is 25.4 Å². The summed E-state index contributed by atoms with van der Waals surface area (Å²) in [6.45, 7) is 0. The van der Waals surface area contributed by atoms with E-state index in [1.165, 1.54) is 18.2 Å². The lowest BCUT2D eigenvalue weighted by Crippen LogP contribution is -2.04. The van der Waals surface area contributed by atoms with Crippen LogP contribution in [0.2, 0.25) is 0 Å². The highest BCUT2D eigenvalue weighted by Crippen LogP contribution is 2.32. The van der Waals surface area contributed by atoms with Gasteiger partial charge < -0.3 is 0 Å². The molecule has 0 amide bonds. The molecule has 3 aromatic rings. The zero-order valence-corrected chi connectivity index (χ0v) is 11.5. The predicted octanol–water partition coefficient (Wildman–Crippen LogP) is 3.90. The van der Waals surface area contributed by atoms with Crippen molar-refractivity contribution in [2.45, 2.75) is 12.4 Å². The number of nitrogens with one attached hydrogen (secondary N) is 2. The summed E-state index contributed by atoms with van der Waals surface area (Å²) in [5.74, 6) is 0. The molecule has 0 radical (unpaired) electrons. The van der Waals surface area contributed by atoms with Crippen LogP contribution < -0.4 is 0 Å². The number of alkyl halides is 6. The van der Waals surface area contributed by atoms with Crippen LogP contribution in [0.3, 0.4) is 0 Å².